The van der Waals surface area contributed by atoms with Gasteiger partial charge in [0.15, 0.2) is 0 Å². The van der Waals surface area contributed by atoms with Crippen molar-refractivity contribution in [1.29, 1.82) is 0 Å². The van der Waals surface area contributed by atoms with Crippen molar-refractivity contribution in [2.45, 2.75) is 45.4 Å². The second kappa shape index (κ2) is 7.41. The number of rotatable bonds is 5. The van der Waals surface area contributed by atoms with E-state index in [9.17, 15) is 0 Å². The standard InChI is InChI=1S/C19H24N2O/c1-2-3-7-18-15-21(13-16-9-11-20-12-10-16)14-17-6-4-5-8-19(17)22-18/h4-6,8-12,18H,2-3,7,13-15H2,1H3. The molecular formula is C19H24N2O. The molecule has 0 bridgehead atoms. The van der Waals surface area contributed by atoms with E-state index in [1.54, 1.807) is 0 Å². The molecular weight excluding hydrogens is 272 g/mol. The molecule has 0 saturated heterocycles. The lowest BCUT2D eigenvalue weighted by molar-refractivity contribution is 0.133. The van der Waals surface area contributed by atoms with Gasteiger partial charge in [-0.05, 0) is 36.6 Å². The lowest BCUT2D eigenvalue weighted by Gasteiger charge is -2.24. The number of fused-ring (bicyclic) bond motifs is 1. The molecule has 1 atom stereocenters. The molecule has 0 saturated carbocycles. The molecule has 0 N–H and O–H groups in total. The minimum Gasteiger partial charge on any atom is -0.489 e. The van der Waals surface area contributed by atoms with Crippen LogP contribution in [0.25, 0.3) is 0 Å². The van der Waals surface area contributed by atoms with E-state index >= 15 is 0 Å². The molecule has 0 amide bonds. The Morgan fingerprint density at radius 3 is 2.82 bits per heavy atom. The third-order valence-corrected chi connectivity index (χ3v) is 4.16. The van der Waals surface area contributed by atoms with E-state index in [-0.39, 0.29) is 6.10 Å². The van der Waals surface area contributed by atoms with Gasteiger partial charge < -0.3 is 4.74 Å². The lowest BCUT2D eigenvalue weighted by atomic mass is 10.1. The van der Waals surface area contributed by atoms with Gasteiger partial charge in [-0.3, -0.25) is 9.88 Å². The minimum atomic E-state index is 0.283. The Labute approximate surface area is 132 Å². The first kappa shape index (κ1) is 15.0. The van der Waals surface area contributed by atoms with Crippen molar-refractivity contribution in [3.05, 3.63) is 59.9 Å². The highest BCUT2D eigenvalue weighted by atomic mass is 16.5. The Morgan fingerprint density at radius 1 is 1.18 bits per heavy atom. The van der Waals surface area contributed by atoms with Crippen molar-refractivity contribution in [2.24, 2.45) is 0 Å². The number of hydrogen-bond acceptors (Lipinski definition) is 3. The summed E-state index contributed by atoms with van der Waals surface area (Å²) in [4.78, 5) is 6.59. The average molecular weight is 296 g/mol. The van der Waals surface area contributed by atoms with Crippen LogP contribution in [0, 0.1) is 0 Å². The second-order valence-electron chi connectivity index (χ2n) is 6.01. The summed E-state index contributed by atoms with van der Waals surface area (Å²) < 4.78 is 6.27. The molecule has 116 valence electrons. The Morgan fingerprint density at radius 2 is 2.00 bits per heavy atom. The van der Waals surface area contributed by atoms with Crippen LogP contribution in [-0.4, -0.2) is 22.5 Å². The number of pyridine rings is 1. The normalized spacial score (nSPS) is 18.3. The average Bonchev–Trinajstić information content (AvgIpc) is 2.72. The summed E-state index contributed by atoms with van der Waals surface area (Å²) >= 11 is 0. The maximum absolute atomic E-state index is 6.27. The van der Waals surface area contributed by atoms with Gasteiger partial charge in [-0.15, -0.1) is 0 Å². The topological polar surface area (TPSA) is 25.4 Å². The van der Waals surface area contributed by atoms with Gasteiger partial charge in [0.25, 0.3) is 0 Å². The summed E-state index contributed by atoms with van der Waals surface area (Å²) in [5.74, 6) is 1.06. The van der Waals surface area contributed by atoms with Crippen LogP contribution in [0.2, 0.25) is 0 Å². The highest BCUT2D eigenvalue weighted by molar-refractivity contribution is 5.34. The Balaban J connectivity index is 1.77. The zero-order valence-corrected chi connectivity index (χ0v) is 13.2. The van der Waals surface area contributed by atoms with E-state index in [1.165, 1.54) is 24.0 Å². The third kappa shape index (κ3) is 3.86. The summed E-state index contributed by atoms with van der Waals surface area (Å²) in [6.07, 6.45) is 7.57. The smallest absolute Gasteiger partial charge is 0.124 e. The SMILES string of the molecule is CCCCC1CN(Cc2ccncc2)Cc2ccccc2O1. The predicted octanol–water partition coefficient (Wildman–Crippen LogP) is 4.04. The molecule has 0 fully saturated rings. The van der Waals surface area contributed by atoms with Crippen molar-refractivity contribution in [2.75, 3.05) is 6.54 Å². The van der Waals surface area contributed by atoms with Crippen LogP contribution >= 0.6 is 0 Å². The van der Waals surface area contributed by atoms with Crippen LogP contribution in [-0.2, 0) is 13.1 Å². The van der Waals surface area contributed by atoms with Crippen LogP contribution in [0.3, 0.4) is 0 Å². The molecule has 1 aromatic carbocycles. The van der Waals surface area contributed by atoms with Crippen LogP contribution < -0.4 is 4.74 Å². The zero-order valence-electron chi connectivity index (χ0n) is 13.2. The van der Waals surface area contributed by atoms with E-state index in [0.29, 0.717) is 0 Å². The molecule has 0 spiro atoms. The quantitative estimate of drug-likeness (QED) is 0.833. The molecule has 1 aliphatic heterocycles. The van der Waals surface area contributed by atoms with Gasteiger partial charge in [0.1, 0.15) is 11.9 Å². The molecule has 2 aromatic rings. The van der Waals surface area contributed by atoms with Crippen LogP contribution in [0.15, 0.2) is 48.8 Å². The molecule has 3 heteroatoms. The van der Waals surface area contributed by atoms with Gasteiger partial charge in [0.05, 0.1) is 0 Å². The van der Waals surface area contributed by atoms with Gasteiger partial charge in [-0.25, -0.2) is 0 Å². The monoisotopic (exact) mass is 296 g/mol. The van der Waals surface area contributed by atoms with E-state index in [1.807, 2.05) is 12.4 Å². The number of unbranched alkanes of at least 4 members (excludes halogenated alkanes) is 1. The van der Waals surface area contributed by atoms with Gasteiger partial charge in [0, 0.05) is 37.6 Å². The van der Waals surface area contributed by atoms with Crippen molar-refractivity contribution in [3.63, 3.8) is 0 Å². The fourth-order valence-electron chi connectivity index (χ4n) is 3.01. The van der Waals surface area contributed by atoms with Crippen molar-refractivity contribution >= 4 is 0 Å². The fraction of sp³-hybridized carbons (Fsp3) is 0.421. The molecule has 22 heavy (non-hydrogen) atoms. The van der Waals surface area contributed by atoms with Gasteiger partial charge in [-0.2, -0.15) is 0 Å². The number of hydrogen-bond donors (Lipinski definition) is 0. The minimum absolute atomic E-state index is 0.283. The molecule has 0 aliphatic carbocycles. The third-order valence-electron chi connectivity index (χ3n) is 4.16. The van der Waals surface area contributed by atoms with E-state index in [0.717, 1.165) is 31.8 Å². The molecule has 3 nitrogen and oxygen atoms in total. The summed E-state index contributed by atoms with van der Waals surface area (Å²) in [7, 11) is 0. The van der Waals surface area contributed by atoms with E-state index in [4.69, 9.17) is 4.74 Å². The maximum atomic E-state index is 6.27. The highest BCUT2D eigenvalue weighted by Crippen LogP contribution is 2.27. The molecule has 2 heterocycles. The van der Waals surface area contributed by atoms with Gasteiger partial charge >= 0.3 is 0 Å². The molecule has 1 aromatic heterocycles. The summed E-state index contributed by atoms with van der Waals surface area (Å²) in [6.45, 7) is 5.11. The Bertz CT molecular complexity index is 585. The van der Waals surface area contributed by atoms with Gasteiger partial charge in [-0.1, -0.05) is 31.5 Å². The van der Waals surface area contributed by atoms with Crippen molar-refractivity contribution in [3.8, 4) is 5.75 Å². The van der Waals surface area contributed by atoms with Crippen LogP contribution in [0.5, 0.6) is 5.75 Å². The largest absolute Gasteiger partial charge is 0.489 e. The molecule has 3 rings (SSSR count). The van der Waals surface area contributed by atoms with E-state index in [2.05, 4.69) is 53.2 Å². The fourth-order valence-corrected chi connectivity index (χ4v) is 3.01. The van der Waals surface area contributed by atoms with Gasteiger partial charge in [0.2, 0.25) is 0 Å². The first-order valence-electron chi connectivity index (χ1n) is 8.21. The van der Waals surface area contributed by atoms with Crippen LogP contribution in [0.4, 0.5) is 0 Å². The maximum Gasteiger partial charge on any atom is 0.124 e. The summed E-state index contributed by atoms with van der Waals surface area (Å²) in [6, 6.07) is 12.6. The predicted molar refractivity (Wildman–Crippen MR) is 88.7 cm³/mol. The van der Waals surface area contributed by atoms with Crippen LogP contribution in [0.1, 0.15) is 37.3 Å². The Kier molecular flexibility index (Phi) is 5.07. The van der Waals surface area contributed by atoms with E-state index < -0.39 is 0 Å². The zero-order chi connectivity index (χ0) is 15.2. The first-order chi connectivity index (χ1) is 10.8. The Hall–Kier alpha value is -1.87. The molecule has 1 aliphatic rings. The number of nitrogens with zero attached hydrogens (tertiary/aromatic N) is 2. The molecule has 0 radical (unpaired) electrons. The first-order valence-corrected chi connectivity index (χ1v) is 8.21. The summed E-state index contributed by atoms with van der Waals surface area (Å²) in [5.41, 5.74) is 2.60. The highest BCUT2D eigenvalue weighted by Gasteiger charge is 2.22. The van der Waals surface area contributed by atoms with Crippen molar-refractivity contribution < 1.29 is 4.74 Å². The number of para-hydroxylation sites is 1. The molecule has 1 unspecified atom stereocenters. The number of benzene rings is 1. The number of aromatic nitrogens is 1. The second-order valence-corrected chi connectivity index (χ2v) is 6.01. The lowest BCUT2D eigenvalue weighted by Crippen LogP contribution is -2.32. The number of ether oxygens (including phenoxy) is 1. The van der Waals surface area contributed by atoms with Crippen molar-refractivity contribution in [1.82, 2.24) is 9.88 Å². The summed E-state index contributed by atoms with van der Waals surface area (Å²) in [5, 5.41) is 0.